The van der Waals surface area contributed by atoms with Crippen molar-refractivity contribution in [3.63, 3.8) is 0 Å². The molecule has 1 rings (SSSR count). The molecule has 0 saturated carbocycles. The van der Waals surface area contributed by atoms with Gasteiger partial charge in [0.25, 0.3) is 0 Å². The zero-order valence-corrected chi connectivity index (χ0v) is 16.4. The Kier molecular flexibility index (Phi) is 10.8. The van der Waals surface area contributed by atoms with E-state index in [9.17, 15) is 4.79 Å². The molecule has 124 valence electrons. The third kappa shape index (κ3) is 7.74. The van der Waals surface area contributed by atoms with Gasteiger partial charge in [-0.2, -0.15) is 0 Å². The van der Waals surface area contributed by atoms with Gasteiger partial charge in [0.2, 0.25) is 5.91 Å². The lowest BCUT2D eigenvalue weighted by Crippen LogP contribution is -2.38. The number of aromatic nitrogens is 1. The zero-order valence-electron chi connectivity index (χ0n) is 13.3. The van der Waals surface area contributed by atoms with Crippen LogP contribution in [0, 0.1) is 0 Å². The van der Waals surface area contributed by atoms with Gasteiger partial charge in [-0.25, -0.2) is 9.98 Å². The summed E-state index contributed by atoms with van der Waals surface area (Å²) in [6.45, 7) is 7.04. The minimum atomic E-state index is -0.0442. The standard InChI is InChI=1S/C14H23N5OS.HI/c1-5-7-15-14(18-10-13(20)19(3)4)17-9-12-16-8-11(6-2)21-12;/h5,8H,1,6-7,9-10H2,2-4H3,(H2,15,17,18);1H. The van der Waals surface area contributed by atoms with Gasteiger partial charge in [-0.15, -0.1) is 41.9 Å². The highest BCUT2D eigenvalue weighted by Crippen LogP contribution is 2.12. The molecule has 0 aliphatic rings. The van der Waals surface area contributed by atoms with Gasteiger partial charge in [0.15, 0.2) is 5.96 Å². The van der Waals surface area contributed by atoms with Crippen molar-refractivity contribution in [2.24, 2.45) is 4.99 Å². The van der Waals surface area contributed by atoms with Gasteiger partial charge in [-0.05, 0) is 6.42 Å². The number of nitrogens with one attached hydrogen (secondary N) is 2. The zero-order chi connectivity index (χ0) is 15.7. The topological polar surface area (TPSA) is 69.6 Å². The number of likely N-dealkylation sites (N-methyl/N-ethyl adjacent to an activating group) is 1. The largest absolute Gasteiger partial charge is 0.353 e. The third-order valence-corrected chi connectivity index (χ3v) is 3.78. The van der Waals surface area contributed by atoms with E-state index in [1.165, 1.54) is 9.78 Å². The first-order valence-corrected chi connectivity index (χ1v) is 7.65. The first-order valence-electron chi connectivity index (χ1n) is 6.83. The Morgan fingerprint density at radius 3 is 2.77 bits per heavy atom. The molecule has 2 N–H and O–H groups in total. The molecular formula is C14H24IN5OS. The van der Waals surface area contributed by atoms with Crippen LogP contribution in [0.25, 0.3) is 0 Å². The number of guanidine groups is 1. The highest BCUT2D eigenvalue weighted by molar-refractivity contribution is 14.0. The monoisotopic (exact) mass is 437 g/mol. The molecule has 0 saturated heterocycles. The molecule has 0 spiro atoms. The fourth-order valence-corrected chi connectivity index (χ4v) is 2.19. The number of nitrogens with zero attached hydrogens (tertiary/aromatic N) is 3. The van der Waals surface area contributed by atoms with E-state index in [-0.39, 0.29) is 36.4 Å². The summed E-state index contributed by atoms with van der Waals surface area (Å²) in [5.41, 5.74) is 0. The summed E-state index contributed by atoms with van der Waals surface area (Å²) in [7, 11) is 3.42. The fraction of sp³-hybridized carbons (Fsp3) is 0.500. The predicted molar refractivity (Wildman–Crippen MR) is 103 cm³/mol. The van der Waals surface area contributed by atoms with E-state index in [0.717, 1.165) is 11.4 Å². The van der Waals surface area contributed by atoms with E-state index in [0.29, 0.717) is 19.0 Å². The summed E-state index contributed by atoms with van der Waals surface area (Å²) >= 11 is 1.68. The van der Waals surface area contributed by atoms with Crippen molar-refractivity contribution in [3.05, 3.63) is 28.7 Å². The van der Waals surface area contributed by atoms with Crippen LogP contribution in [-0.4, -0.2) is 48.9 Å². The quantitative estimate of drug-likeness (QED) is 0.295. The molecule has 1 amide bonds. The molecule has 1 heterocycles. The summed E-state index contributed by atoms with van der Waals surface area (Å²) in [6, 6.07) is 0. The molecule has 0 bridgehead atoms. The van der Waals surface area contributed by atoms with E-state index >= 15 is 0 Å². The van der Waals surface area contributed by atoms with Gasteiger partial charge in [0.1, 0.15) is 11.6 Å². The van der Waals surface area contributed by atoms with Crippen LogP contribution in [0.4, 0.5) is 0 Å². The molecule has 1 aromatic heterocycles. The lowest BCUT2D eigenvalue weighted by molar-refractivity contribution is -0.127. The van der Waals surface area contributed by atoms with E-state index in [1.54, 1.807) is 31.5 Å². The number of hydrogen-bond acceptors (Lipinski definition) is 4. The second-order valence-electron chi connectivity index (χ2n) is 4.55. The van der Waals surface area contributed by atoms with E-state index in [2.05, 4.69) is 34.1 Å². The molecule has 0 atom stereocenters. The van der Waals surface area contributed by atoms with Crippen molar-refractivity contribution in [1.82, 2.24) is 20.5 Å². The second kappa shape index (κ2) is 11.4. The van der Waals surface area contributed by atoms with Gasteiger partial charge in [0, 0.05) is 31.7 Å². The lowest BCUT2D eigenvalue weighted by atomic mass is 10.4. The van der Waals surface area contributed by atoms with Gasteiger partial charge in [-0.3, -0.25) is 4.79 Å². The van der Waals surface area contributed by atoms with Crippen molar-refractivity contribution in [2.75, 3.05) is 27.2 Å². The van der Waals surface area contributed by atoms with Crippen molar-refractivity contribution >= 4 is 47.2 Å². The van der Waals surface area contributed by atoms with Crippen LogP contribution in [0.5, 0.6) is 0 Å². The minimum absolute atomic E-state index is 0. The number of amides is 1. The molecule has 6 nitrogen and oxygen atoms in total. The van der Waals surface area contributed by atoms with Crippen molar-refractivity contribution in [3.8, 4) is 0 Å². The van der Waals surface area contributed by atoms with E-state index in [1.807, 2.05) is 6.20 Å². The van der Waals surface area contributed by atoms with Gasteiger partial charge >= 0.3 is 0 Å². The van der Waals surface area contributed by atoms with Crippen molar-refractivity contribution in [2.45, 2.75) is 19.9 Å². The summed E-state index contributed by atoms with van der Waals surface area (Å²) in [4.78, 5) is 22.9. The van der Waals surface area contributed by atoms with Crippen molar-refractivity contribution < 1.29 is 4.79 Å². The molecule has 0 aliphatic heterocycles. The lowest BCUT2D eigenvalue weighted by Gasteiger charge is -2.12. The number of hydrogen-bond donors (Lipinski definition) is 2. The maximum absolute atomic E-state index is 11.6. The molecular weight excluding hydrogens is 413 g/mol. The maximum atomic E-state index is 11.6. The van der Waals surface area contributed by atoms with E-state index in [4.69, 9.17) is 0 Å². The molecule has 0 radical (unpaired) electrons. The first-order chi connectivity index (χ1) is 10.1. The number of aryl methyl sites for hydroxylation is 1. The number of halogens is 1. The molecule has 0 unspecified atom stereocenters. The number of aliphatic imine (C=N–C) groups is 1. The minimum Gasteiger partial charge on any atom is -0.353 e. The maximum Gasteiger partial charge on any atom is 0.243 e. The van der Waals surface area contributed by atoms with Gasteiger partial charge in [-0.1, -0.05) is 13.0 Å². The number of carbonyl (C=O) groups is 1. The number of rotatable bonds is 7. The Morgan fingerprint density at radius 1 is 1.50 bits per heavy atom. The van der Waals surface area contributed by atoms with Gasteiger partial charge < -0.3 is 15.5 Å². The SMILES string of the molecule is C=CCNC(=NCC(=O)N(C)C)NCc1ncc(CC)s1.I. The molecule has 1 aromatic rings. The molecule has 8 heteroatoms. The predicted octanol–water partition coefficient (Wildman–Crippen LogP) is 1.63. The van der Waals surface area contributed by atoms with Crippen LogP contribution in [0.15, 0.2) is 23.8 Å². The Morgan fingerprint density at radius 2 is 2.23 bits per heavy atom. The average Bonchev–Trinajstić information content (AvgIpc) is 2.94. The Bertz CT molecular complexity index is 501. The van der Waals surface area contributed by atoms with Crippen LogP contribution in [0.1, 0.15) is 16.8 Å². The molecule has 22 heavy (non-hydrogen) atoms. The smallest absolute Gasteiger partial charge is 0.243 e. The Labute approximate surface area is 153 Å². The summed E-state index contributed by atoms with van der Waals surface area (Å²) in [5.74, 6) is 0.538. The normalized spacial score (nSPS) is 10.6. The fourth-order valence-electron chi connectivity index (χ4n) is 1.38. The van der Waals surface area contributed by atoms with Crippen LogP contribution < -0.4 is 10.6 Å². The highest BCUT2D eigenvalue weighted by Gasteiger charge is 2.05. The highest BCUT2D eigenvalue weighted by atomic mass is 127. The van der Waals surface area contributed by atoms with Crippen LogP contribution >= 0.6 is 35.3 Å². The molecule has 0 aromatic carbocycles. The van der Waals surface area contributed by atoms with Crippen LogP contribution in [0.3, 0.4) is 0 Å². The Hall–Kier alpha value is -1.16. The average molecular weight is 437 g/mol. The van der Waals surface area contributed by atoms with Crippen LogP contribution in [0.2, 0.25) is 0 Å². The van der Waals surface area contributed by atoms with Gasteiger partial charge in [0.05, 0.1) is 6.54 Å². The van der Waals surface area contributed by atoms with Crippen molar-refractivity contribution in [1.29, 1.82) is 0 Å². The summed E-state index contributed by atoms with van der Waals surface area (Å²) in [6.07, 6.45) is 4.62. The second-order valence-corrected chi connectivity index (χ2v) is 5.75. The third-order valence-electron chi connectivity index (χ3n) is 2.64. The summed E-state index contributed by atoms with van der Waals surface area (Å²) in [5, 5.41) is 7.25. The van der Waals surface area contributed by atoms with Crippen LogP contribution in [-0.2, 0) is 17.8 Å². The number of carbonyl (C=O) groups excluding carboxylic acids is 1. The molecule has 0 aliphatic carbocycles. The Balaban J connectivity index is 0.00000441. The summed E-state index contributed by atoms with van der Waals surface area (Å²) < 4.78 is 0. The number of thiazole rings is 1. The van der Waals surface area contributed by atoms with E-state index < -0.39 is 0 Å². The molecule has 0 fully saturated rings. The first kappa shape index (κ1) is 20.8.